The molecule has 1 amide bonds. The molecule has 0 fully saturated rings. The highest BCUT2D eigenvalue weighted by Crippen LogP contribution is 2.34. The molecule has 0 spiro atoms. The monoisotopic (exact) mass is 407 g/mol. The Morgan fingerprint density at radius 1 is 1.18 bits per heavy atom. The highest BCUT2D eigenvalue weighted by Gasteiger charge is 2.32. The number of halogens is 3. The minimum Gasteiger partial charge on any atom is -0.434 e. The van der Waals surface area contributed by atoms with E-state index in [-0.39, 0.29) is 16.4 Å². The SMILES string of the molecule is CC1=C(C(=O)Nc2ccc(F)cc2)C(c2ccccc2OC(F)F)NC(=S)N1. The maximum atomic E-state index is 13.1. The van der Waals surface area contributed by atoms with Crippen LogP contribution in [0.3, 0.4) is 0 Å². The van der Waals surface area contributed by atoms with Crippen LogP contribution in [0.4, 0.5) is 18.9 Å². The molecule has 1 aliphatic rings. The minimum atomic E-state index is -3.02. The van der Waals surface area contributed by atoms with Gasteiger partial charge in [0.1, 0.15) is 11.6 Å². The Bertz CT molecular complexity index is 932. The van der Waals surface area contributed by atoms with Crippen LogP contribution in [0, 0.1) is 5.82 Å². The predicted molar refractivity (Wildman–Crippen MR) is 102 cm³/mol. The van der Waals surface area contributed by atoms with Crippen LogP contribution in [-0.4, -0.2) is 17.6 Å². The molecule has 3 rings (SSSR count). The van der Waals surface area contributed by atoms with E-state index in [1.807, 2.05) is 0 Å². The summed E-state index contributed by atoms with van der Waals surface area (Å²) >= 11 is 5.16. The molecule has 1 heterocycles. The van der Waals surface area contributed by atoms with Crippen molar-refractivity contribution in [2.75, 3.05) is 5.32 Å². The number of carbonyl (C=O) groups excluding carboxylic acids is 1. The lowest BCUT2D eigenvalue weighted by Gasteiger charge is -2.31. The number of carbonyl (C=O) groups is 1. The molecular formula is C19H16F3N3O2S. The number of hydrogen-bond acceptors (Lipinski definition) is 3. The summed E-state index contributed by atoms with van der Waals surface area (Å²) in [7, 11) is 0. The first kappa shape index (κ1) is 19.7. The summed E-state index contributed by atoms with van der Waals surface area (Å²) in [5, 5.41) is 8.69. The maximum absolute atomic E-state index is 13.1. The van der Waals surface area contributed by atoms with E-state index in [0.717, 1.165) is 0 Å². The van der Waals surface area contributed by atoms with E-state index in [2.05, 4.69) is 20.7 Å². The van der Waals surface area contributed by atoms with Crippen molar-refractivity contribution < 1.29 is 22.7 Å². The molecule has 0 aromatic heterocycles. The molecule has 1 unspecified atom stereocenters. The van der Waals surface area contributed by atoms with Crippen molar-refractivity contribution in [3.8, 4) is 5.75 Å². The highest BCUT2D eigenvalue weighted by molar-refractivity contribution is 7.80. The molecule has 146 valence electrons. The lowest BCUT2D eigenvalue weighted by molar-refractivity contribution is -0.113. The van der Waals surface area contributed by atoms with Crippen molar-refractivity contribution in [2.24, 2.45) is 0 Å². The average molecular weight is 407 g/mol. The zero-order valence-electron chi connectivity index (χ0n) is 14.6. The molecule has 0 radical (unpaired) electrons. The first-order valence-electron chi connectivity index (χ1n) is 8.24. The van der Waals surface area contributed by atoms with E-state index in [4.69, 9.17) is 12.2 Å². The van der Waals surface area contributed by atoms with E-state index in [1.165, 1.54) is 30.3 Å². The van der Waals surface area contributed by atoms with Crippen LogP contribution in [0.15, 0.2) is 59.8 Å². The topological polar surface area (TPSA) is 62.4 Å². The van der Waals surface area contributed by atoms with Crippen LogP contribution < -0.4 is 20.7 Å². The van der Waals surface area contributed by atoms with Crippen LogP contribution in [0.2, 0.25) is 0 Å². The molecule has 1 aliphatic heterocycles. The first-order chi connectivity index (χ1) is 13.3. The predicted octanol–water partition coefficient (Wildman–Crippen LogP) is 3.86. The number of benzene rings is 2. The number of rotatable bonds is 5. The number of nitrogens with one attached hydrogen (secondary N) is 3. The quantitative estimate of drug-likeness (QED) is 0.657. The van der Waals surface area contributed by atoms with Gasteiger partial charge in [-0.3, -0.25) is 4.79 Å². The number of para-hydroxylation sites is 1. The van der Waals surface area contributed by atoms with Crippen LogP contribution in [0.1, 0.15) is 18.5 Å². The van der Waals surface area contributed by atoms with Gasteiger partial charge in [-0.25, -0.2) is 4.39 Å². The fraction of sp³-hybridized carbons (Fsp3) is 0.158. The standard InChI is InChI=1S/C19H16F3N3O2S/c1-10-15(17(26)24-12-8-6-11(20)7-9-12)16(25-19(28)23-10)13-4-2-3-5-14(13)27-18(21)22/h2-9,16,18H,1H3,(H,24,26)(H2,23,25,28). The van der Waals surface area contributed by atoms with Gasteiger partial charge in [0, 0.05) is 16.9 Å². The Morgan fingerprint density at radius 2 is 1.86 bits per heavy atom. The normalized spacial score (nSPS) is 16.5. The van der Waals surface area contributed by atoms with Gasteiger partial charge in [0.2, 0.25) is 0 Å². The number of anilines is 1. The lowest BCUT2D eigenvalue weighted by Crippen LogP contribution is -2.45. The van der Waals surface area contributed by atoms with E-state index in [1.54, 1.807) is 25.1 Å². The molecule has 9 heteroatoms. The molecular weight excluding hydrogens is 391 g/mol. The zero-order valence-corrected chi connectivity index (χ0v) is 15.4. The molecule has 28 heavy (non-hydrogen) atoms. The van der Waals surface area contributed by atoms with Gasteiger partial charge in [0.05, 0.1) is 11.6 Å². The van der Waals surface area contributed by atoms with Gasteiger partial charge >= 0.3 is 6.61 Å². The van der Waals surface area contributed by atoms with Crippen LogP contribution in [-0.2, 0) is 4.79 Å². The van der Waals surface area contributed by atoms with Crippen molar-refractivity contribution in [3.63, 3.8) is 0 Å². The summed E-state index contributed by atoms with van der Waals surface area (Å²) < 4.78 is 43.3. The zero-order chi connectivity index (χ0) is 20.3. The number of alkyl halides is 2. The Labute approximate surface area is 164 Å². The maximum Gasteiger partial charge on any atom is 0.387 e. The van der Waals surface area contributed by atoms with Gasteiger partial charge in [0.25, 0.3) is 5.91 Å². The molecule has 3 N–H and O–H groups in total. The largest absolute Gasteiger partial charge is 0.434 e. The van der Waals surface area contributed by atoms with E-state index in [0.29, 0.717) is 16.9 Å². The van der Waals surface area contributed by atoms with Crippen LogP contribution in [0.5, 0.6) is 5.75 Å². The van der Waals surface area contributed by atoms with Crippen molar-refractivity contribution in [1.29, 1.82) is 0 Å². The summed E-state index contributed by atoms with van der Waals surface area (Å²) in [4.78, 5) is 12.9. The molecule has 0 aliphatic carbocycles. The summed E-state index contributed by atoms with van der Waals surface area (Å²) in [6.07, 6.45) is 0. The third-order valence-electron chi connectivity index (χ3n) is 4.06. The second kappa shape index (κ2) is 8.30. The minimum absolute atomic E-state index is 0.0698. The Balaban J connectivity index is 1.97. The van der Waals surface area contributed by atoms with Crippen LogP contribution in [0.25, 0.3) is 0 Å². The van der Waals surface area contributed by atoms with Crippen LogP contribution >= 0.6 is 12.2 Å². The average Bonchev–Trinajstić information content (AvgIpc) is 2.63. The van der Waals surface area contributed by atoms with Gasteiger partial charge in [0.15, 0.2) is 5.11 Å². The fourth-order valence-electron chi connectivity index (χ4n) is 2.88. The second-order valence-corrected chi connectivity index (χ2v) is 6.36. The third kappa shape index (κ3) is 4.42. The van der Waals surface area contributed by atoms with E-state index < -0.39 is 24.4 Å². The number of thiocarbonyl (C=S) groups is 1. The van der Waals surface area contributed by atoms with Gasteiger partial charge < -0.3 is 20.7 Å². The molecule has 2 aromatic carbocycles. The van der Waals surface area contributed by atoms with Gasteiger partial charge in [-0.2, -0.15) is 8.78 Å². The second-order valence-electron chi connectivity index (χ2n) is 5.95. The lowest BCUT2D eigenvalue weighted by atomic mass is 9.94. The Hall–Kier alpha value is -3.07. The fourth-order valence-corrected chi connectivity index (χ4v) is 3.15. The van der Waals surface area contributed by atoms with Gasteiger partial charge in [-0.05, 0) is 49.5 Å². The molecule has 2 aromatic rings. The Morgan fingerprint density at radius 3 is 2.54 bits per heavy atom. The Kier molecular flexibility index (Phi) is 5.84. The molecule has 0 saturated carbocycles. The smallest absolute Gasteiger partial charge is 0.387 e. The molecule has 0 saturated heterocycles. The van der Waals surface area contributed by atoms with Gasteiger partial charge in [-0.1, -0.05) is 18.2 Å². The van der Waals surface area contributed by atoms with E-state index in [9.17, 15) is 18.0 Å². The molecule has 0 bridgehead atoms. The number of ether oxygens (including phenoxy) is 1. The van der Waals surface area contributed by atoms with E-state index >= 15 is 0 Å². The molecule has 1 atom stereocenters. The summed E-state index contributed by atoms with van der Waals surface area (Å²) in [6.45, 7) is -1.37. The summed E-state index contributed by atoms with van der Waals surface area (Å²) in [5.74, 6) is -1.00. The highest BCUT2D eigenvalue weighted by atomic mass is 32.1. The third-order valence-corrected chi connectivity index (χ3v) is 4.28. The van der Waals surface area contributed by atoms with Crippen molar-refractivity contribution >= 4 is 28.9 Å². The number of amides is 1. The summed E-state index contributed by atoms with van der Waals surface area (Å²) in [6, 6.07) is 10.6. The first-order valence-corrected chi connectivity index (χ1v) is 8.65. The van der Waals surface area contributed by atoms with Gasteiger partial charge in [-0.15, -0.1) is 0 Å². The number of hydrogen-bond donors (Lipinski definition) is 3. The summed E-state index contributed by atoms with van der Waals surface area (Å²) in [5.41, 5.74) is 1.41. The van der Waals surface area contributed by atoms with Crippen molar-refractivity contribution in [3.05, 3.63) is 71.2 Å². The molecule has 5 nitrogen and oxygen atoms in total. The van der Waals surface area contributed by atoms with Crippen molar-refractivity contribution in [1.82, 2.24) is 10.6 Å². The number of allylic oxidation sites excluding steroid dienone is 1. The van der Waals surface area contributed by atoms with Crippen molar-refractivity contribution in [2.45, 2.75) is 19.6 Å².